The van der Waals surface area contributed by atoms with Crippen LogP contribution in [0.5, 0.6) is 0 Å². The van der Waals surface area contributed by atoms with E-state index in [0.29, 0.717) is 18.2 Å². The molecule has 0 aliphatic heterocycles. The van der Waals surface area contributed by atoms with Crippen LogP contribution in [0.15, 0.2) is 18.2 Å². The van der Waals surface area contributed by atoms with Gasteiger partial charge in [0.1, 0.15) is 5.82 Å². The van der Waals surface area contributed by atoms with Gasteiger partial charge in [-0.15, -0.1) is 0 Å². The maximum atomic E-state index is 13.4. The van der Waals surface area contributed by atoms with Gasteiger partial charge >= 0.3 is 0 Å². The lowest BCUT2D eigenvalue weighted by Crippen LogP contribution is -2.39. The van der Waals surface area contributed by atoms with E-state index in [2.05, 4.69) is 4.90 Å². The molecule has 20 heavy (non-hydrogen) atoms. The lowest BCUT2D eigenvalue weighted by molar-refractivity contribution is 0.198. The third kappa shape index (κ3) is 3.49. The van der Waals surface area contributed by atoms with Gasteiger partial charge in [0.05, 0.1) is 12.7 Å². The summed E-state index contributed by atoms with van der Waals surface area (Å²) in [6.45, 7) is 2.24. The zero-order valence-corrected chi connectivity index (χ0v) is 12.1. The molecule has 2 rings (SSSR count). The second kappa shape index (κ2) is 7.04. The molecule has 1 saturated carbocycles. The predicted molar refractivity (Wildman–Crippen MR) is 78.3 cm³/mol. The van der Waals surface area contributed by atoms with Crippen molar-refractivity contribution in [3.8, 4) is 0 Å². The first-order valence-electron chi connectivity index (χ1n) is 7.48. The fourth-order valence-corrected chi connectivity index (χ4v) is 3.12. The molecule has 0 saturated heterocycles. The van der Waals surface area contributed by atoms with Gasteiger partial charge in [-0.25, -0.2) is 4.39 Å². The number of halogens is 1. The van der Waals surface area contributed by atoms with E-state index in [-0.39, 0.29) is 12.4 Å². The number of benzene rings is 1. The maximum Gasteiger partial charge on any atom is 0.123 e. The number of rotatable bonds is 5. The smallest absolute Gasteiger partial charge is 0.123 e. The SMILES string of the molecule is C[C@H](O)c1cc(F)ccc1N(CCO)C1CCCCC1. The summed E-state index contributed by atoms with van der Waals surface area (Å²) in [5.41, 5.74) is 1.45. The molecule has 112 valence electrons. The zero-order chi connectivity index (χ0) is 14.5. The first-order chi connectivity index (χ1) is 9.63. The lowest BCUT2D eigenvalue weighted by Gasteiger charge is -2.37. The van der Waals surface area contributed by atoms with Crippen LogP contribution in [0.25, 0.3) is 0 Å². The Morgan fingerprint density at radius 2 is 2.00 bits per heavy atom. The van der Waals surface area contributed by atoms with E-state index in [4.69, 9.17) is 0 Å². The molecule has 1 aromatic carbocycles. The van der Waals surface area contributed by atoms with Crippen molar-refractivity contribution < 1.29 is 14.6 Å². The van der Waals surface area contributed by atoms with E-state index in [1.54, 1.807) is 13.0 Å². The van der Waals surface area contributed by atoms with Crippen molar-refractivity contribution in [2.24, 2.45) is 0 Å². The van der Waals surface area contributed by atoms with Gasteiger partial charge in [-0.1, -0.05) is 19.3 Å². The van der Waals surface area contributed by atoms with Gasteiger partial charge in [0.25, 0.3) is 0 Å². The second-order valence-electron chi connectivity index (χ2n) is 5.59. The lowest BCUT2D eigenvalue weighted by atomic mass is 9.93. The van der Waals surface area contributed by atoms with Crippen LogP contribution < -0.4 is 4.90 Å². The Morgan fingerprint density at radius 1 is 1.30 bits per heavy atom. The predicted octanol–water partition coefficient (Wildman–Crippen LogP) is 3.01. The van der Waals surface area contributed by atoms with Gasteiger partial charge in [-0.05, 0) is 38.0 Å². The molecule has 3 nitrogen and oxygen atoms in total. The molecule has 2 N–H and O–H groups in total. The Kier molecular flexibility index (Phi) is 5.38. The molecule has 1 atom stereocenters. The van der Waals surface area contributed by atoms with Crippen LogP contribution in [0, 0.1) is 5.82 Å². The summed E-state index contributed by atoms with van der Waals surface area (Å²) in [6, 6.07) is 4.92. The molecular formula is C16H24FNO2. The normalized spacial score (nSPS) is 18.0. The van der Waals surface area contributed by atoms with Gasteiger partial charge in [-0.2, -0.15) is 0 Å². The molecule has 1 aliphatic carbocycles. The number of aliphatic hydroxyl groups excluding tert-OH is 2. The van der Waals surface area contributed by atoms with Crippen molar-refractivity contribution in [1.82, 2.24) is 0 Å². The van der Waals surface area contributed by atoms with Crippen molar-refractivity contribution in [3.63, 3.8) is 0 Å². The summed E-state index contributed by atoms with van der Waals surface area (Å²) in [7, 11) is 0. The van der Waals surface area contributed by atoms with Gasteiger partial charge in [-0.3, -0.25) is 0 Å². The second-order valence-corrected chi connectivity index (χ2v) is 5.59. The van der Waals surface area contributed by atoms with E-state index >= 15 is 0 Å². The first-order valence-corrected chi connectivity index (χ1v) is 7.48. The molecule has 0 radical (unpaired) electrons. The summed E-state index contributed by atoms with van der Waals surface area (Å²) in [6.07, 6.45) is 5.12. The van der Waals surface area contributed by atoms with Gasteiger partial charge in [0.2, 0.25) is 0 Å². The third-order valence-electron chi connectivity index (χ3n) is 4.11. The van der Waals surface area contributed by atoms with Gasteiger partial charge in [0, 0.05) is 23.8 Å². The first kappa shape index (κ1) is 15.3. The molecule has 1 aliphatic rings. The topological polar surface area (TPSA) is 43.7 Å². The van der Waals surface area contributed by atoms with E-state index in [1.165, 1.54) is 31.4 Å². The van der Waals surface area contributed by atoms with Gasteiger partial charge in [0.15, 0.2) is 0 Å². The third-order valence-corrected chi connectivity index (χ3v) is 4.11. The van der Waals surface area contributed by atoms with E-state index in [9.17, 15) is 14.6 Å². The Morgan fingerprint density at radius 3 is 2.60 bits per heavy atom. The maximum absolute atomic E-state index is 13.4. The van der Waals surface area contributed by atoms with Crippen LogP contribution >= 0.6 is 0 Å². The molecule has 1 aromatic rings. The molecule has 1 fully saturated rings. The van der Waals surface area contributed by atoms with Crippen molar-refractivity contribution in [1.29, 1.82) is 0 Å². The fourth-order valence-electron chi connectivity index (χ4n) is 3.12. The molecule has 0 heterocycles. The van der Waals surface area contributed by atoms with Crippen molar-refractivity contribution in [2.75, 3.05) is 18.1 Å². The fraction of sp³-hybridized carbons (Fsp3) is 0.625. The zero-order valence-electron chi connectivity index (χ0n) is 12.1. The highest BCUT2D eigenvalue weighted by Gasteiger charge is 2.24. The molecule has 0 unspecified atom stereocenters. The largest absolute Gasteiger partial charge is 0.395 e. The Hall–Kier alpha value is -1.13. The average molecular weight is 281 g/mol. The highest BCUT2D eigenvalue weighted by molar-refractivity contribution is 5.55. The minimum absolute atomic E-state index is 0.0626. The Labute approximate surface area is 120 Å². The molecule has 0 bridgehead atoms. The van der Waals surface area contributed by atoms with Crippen molar-refractivity contribution in [3.05, 3.63) is 29.6 Å². The van der Waals surface area contributed by atoms with Crippen molar-refractivity contribution in [2.45, 2.75) is 51.2 Å². The molecule has 0 amide bonds. The molecule has 0 spiro atoms. The Balaban J connectivity index is 2.32. The number of hydrogen-bond acceptors (Lipinski definition) is 3. The highest BCUT2D eigenvalue weighted by Crippen LogP contribution is 2.32. The van der Waals surface area contributed by atoms with E-state index in [1.807, 2.05) is 0 Å². The quantitative estimate of drug-likeness (QED) is 0.872. The summed E-state index contributed by atoms with van der Waals surface area (Å²) in [4.78, 5) is 2.14. The average Bonchev–Trinajstić information content (AvgIpc) is 2.46. The number of nitrogens with zero attached hydrogens (tertiary/aromatic N) is 1. The van der Waals surface area contributed by atoms with Crippen LogP contribution in [0.2, 0.25) is 0 Å². The van der Waals surface area contributed by atoms with Crippen LogP contribution in [-0.4, -0.2) is 29.4 Å². The molecule has 0 aromatic heterocycles. The number of aliphatic hydroxyl groups is 2. The van der Waals surface area contributed by atoms with Gasteiger partial charge < -0.3 is 15.1 Å². The minimum atomic E-state index is -0.717. The van der Waals surface area contributed by atoms with Crippen LogP contribution in [0.3, 0.4) is 0 Å². The van der Waals surface area contributed by atoms with Crippen LogP contribution in [-0.2, 0) is 0 Å². The standard InChI is InChI=1S/C16H24FNO2/c1-12(20)15-11-13(17)7-8-16(15)18(9-10-19)14-5-3-2-4-6-14/h7-8,11-12,14,19-20H,2-6,9-10H2,1H3/t12-/m0/s1. The minimum Gasteiger partial charge on any atom is -0.395 e. The monoisotopic (exact) mass is 281 g/mol. The Bertz CT molecular complexity index is 430. The molecular weight excluding hydrogens is 257 g/mol. The van der Waals surface area contributed by atoms with E-state index in [0.717, 1.165) is 18.5 Å². The van der Waals surface area contributed by atoms with Crippen LogP contribution in [0.1, 0.15) is 50.7 Å². The summed E-state index contributed by atoms with van der Waals surface area (Å²) in [5.74, 6) is -0.336. The number of anilines is 1. The molecule has 4 heteroatoms. The van der Waals surface area contributed by atoms with E-state index < -0.39 is 6.10 Å². The number of hydrogen-bond donors (Lipinski definition) is 2. The summed E-state index contributed by atoms with van der Waals surface area (Å²) in [5, 5.41) is 19.2. The van der Waals surface area contributed by atoms with Crippen molar-refractivity contribution >= 4 is 5.69 Å². The highest BCUT2D eigenvalue weighted by atomic mass is 19.1. The summed E-state index contributed by atoms with van der Waals surface area (Å²) < 4.78 is 13.4. The summed E-state index contributed by atoms with van der Waals surface area (Å²) >= 11 is 0. The van der Waals surface area contributed by atoms with Crippen LogP contribution in [0.4, 0.5) is 10.1 Å².